The summed E-state index contributed by atoms with van der Waals surface area (Å²) in [6.07, 6.45) is 10.2. The Balaban J connectivity index is 1.51. The predicted octanol–water partition coefficient (Wildman–Crippen LogP) is 2.09. The van der Waals surface area contributed by atoms with Crippen molar-refractivity contribution in [2.24, 2.45) is 23.5 Å². The van der Waals surface area contributed by atoms with Crippen LogP contribution in [0.3, 0.4) is 0 Å². The van der Waals surface area contributed by atoms with E-state index < -0.39 is 69.1 Å². The highest BCUT2D eigenvalue weighted by Gasteiger charge is 2.46. The quantitative estimate of drug-likeness (QED) is 0.160. The zero-order valence-electron chi connectivity index (χ0n) is 28.7. The molecule has 0 radical (unpaired) electrons. The minimum Gasteiger partial charge on any atom is -0.391 e. The Labute approximate surface area is 285 Å². The van der Waals surface area contributed by atoms with Crippen LogP contribution >= 0.6 is 0 Å². The second-order valence-corrected chi connectivity index (χ2v) is 17.5. The summed E-state index contributed by atoms with van der Waals surface area (Å²) >= 11 is 0. The Morgan fingerprint density at radius 3 is 2.15 bits per heavy atom. The van der Waals surface area contributed by atoms with Crippen LogP contribution in [0.5, 0.6) is 0 Å². The van der Waals surface area contributed by atoms with Crippen molar-refractivity contribution in [2.45, 2.75) is 146 Å². The average molecular weight is 696 g/mol. The number of β-amino-alcohol motifs (C(OH)–C–C–N with tert-alkyl or cyclic N) is 1. The Morgan fingerprint density at radius 1 is 0.917 bits per heavy atom. The van der Waals surface area contributed by atoms with Gasteiger partial charge in [-0.1, -0.05) is 71.6 Å². The summed E-state index contributed by atoms with van der Waals surface area (Å²) in [6.45, 7) is 3.82. The van der Waals surface area contributed by atoms with E-state index in [0.29, 0.717) is 32.1 Å². The van der Waals surface area contributed by atoms with Crippen LogP contribution in [0.15, 0.2) is 0 Å². The fourth-order valence-corrected chi connectivity index (χ4v) is 10.1. The van der Waals surface area contributed by atoms with E-state index in [0.717, 1.165) is 57.8 Å². The molecule has 48 heavy (non-hydrogen) atoms. The Bertz CT molecular complexity index is 1270. The summed E-state index contributed by atoms with van der Waals surface area (Å²) in [5, 5.41) is 19.2. The van der Waals surface area contributed by atoms with Crippen LogP contribution in [0.25, 0.3) is 0 Å². The average Bonchev–Trinajstić information content (AvgIpc) is 3.41. The van der Waals surface area contributed by atoms with E-state index in [2.05, 4.69) is 16.0 Å². The SMILES string of the molecule is CC(C)CCS(=O)(=O)CC1(NC(=O)N[C@H](C(=O)N2CC(O)C[C@H]2C(=O)NC(CC2CCC2)C(=O)C(N)=O)C2CCCCC2)CCCCC1. The molecular formula is C34H57N5O8S. The van der Waals surface area contributed by atoms with Crippen molar-refractivity contribution >= 4 is 39.4 Å². The minimum atomic E-state index is -3.45. The molecule has 0 bridgehead atoms. The van der Waals surface area contributed by atoms with Gasteiger partial charge < -0.3 is 31.7 Å². The van der Waals surface area contributed by atoms with E-state index >= 15 is 0 Å². The highest BCUT2D eigenvalue weighted by atomic mass is 32.2. The highest BCUT2D eigenvalue weighted by Crippen LogP contribution is 2.33. The Kier molecular flexibility index (Phi) is 13.3. The van der Waals surface area contributed by atoms with Crippen molar-refractivity contribution in [3.05, 3.63) is 0 Å². The molecule has 2 unspecified atom stereocenters. The first kappa shape index (κ1) is 38.1. The normalized spacial score (nSPS) is 24.7. The maximum Gasteiger partial charge on any atom is 0.315 e. The van der Waals surface area contributed by atoms with Crippen molar-refractivity contribution in [1.82, 2.24) is 20.9 Å². The maximum atomic E-state index is 14.3. The van der Waals surface area contributed by atoms with Crippen LogP contribution in [0, 0.1) is 17.8 Å². The lowest BCUT2D eigenvalue weighted by Gasteiger charge is -2.39. The van der Waals surface area contributed by atoms with Gasteiger partial charge in [0, 0.05) is 13.0 Å². The lowest BCUT2D eigenvalue weighted by molar-refractivity contribution is -0.143. The molecule has 1 saturated heterocycles. The van der Waals surface area contributed by atoms with Crippen LogP contribution in [0.4, 0.5) is 4.79 Å². The largest absolute Gasteiger partial charge is 0.391 e. The first-order chi connectivity index (χ1) is 22.7. The molecule has 0 aromatic rings. The van der Waals surface area contributed by atoms with Crippen LogP contribution in [0.2, 0.25) is 0 Å². The van der Waals surface area contributed by atoms with Crippen molar-refractivity contribution < 1.29 is 37.5 Å². The number of amides is 5. The third-order valence-corrected chi connectivity index (χ3v) is 12.8. The first-order valence-corrected chi connectivity index (χ1v) is 19.9. The number of nitrogens with zero attached hydrogens (tertiary/aromatic N) is 1. The summed E-state index contributed by atoms with van der Waals surface area (Å²) < 4.78 is 26.3. The summed E-state index contributed by atoms with van der Waals surface area (Å²) in [6, 6.07) is -3.84. The van der Waals surface area contributed by atoms with Gasteiger partial charge in [-0.3, -0.25) is 19.2 Å². The lowest BCUT2D eigenvalue weighted by Crippen LogP contribution is -2.62. The van der Waals surface area contributed by atoms with Crippen molar-refractivity contribution in [2.75, 3.05) is 18.1 Å². The summed E-state index contributed by atoms with van der Waals surface area (Å²) in [5.41, 5.74) is 4.34. The van der Waals surface area contributed by atoms with E-state index in [9.17, 15) is 37.5 Å². The van der Waals surface area contributed by atoms with Gasteiger partial charge in [-0.25, -0.2) is 13.2 Å². The number of nitrogens with one attached hydrogen (secondary N) is 3. The van der Waals surface area contributed by atoms with E-state index in [1.165, 1.54) is 4.90 Å². The summed E-state index contributed by atoms with van der Waals surface area (Å²) in [7, 11) is -3.45. The van der Waals surface area contributed by atoms with Crippen LogP contribution in [-0.4, -0.2) is 95.8 Å². The molecule has 272 valence electrons. The molecule has 3 saturated carbocycles. The molecule has 0 aromatic carbocycles. The number of carbonyl (C=O) groups excluding carboxylic acids is 5. The fraction of sp³-hybridized carbons (Fsp3) is 0.853. The molecule has 4 atom stereocenters. The number of nitrogens with two attached hydrogens (primary N) is 1. The van der Waals surface area contributed by atoms with Gasteiger partial charge in [-0.15, -0.1) is 0 Å². The number of aliphatic hydroxyl groups excluding tert-OH is 1. The molecule has 4 fully saturated rings. The van der Waals surface area contributed by atoms with Crippen LogP contribution in [0.1, 0.15) is 117 Å². The predicted molar refractivity (Wildman–Crippen MR) is 180 cm³/mol. The van der Waals surface area contributed by atoms with E-state index in [1.807, 2.05) is 13.8 Å². The number of sulfone groups is 1. The summed E-state index contributed by atoms with van der Waals surface area (Å²) in [5.74, 6) is -3.11. The van der Waals surface area contributed by atoms with E-state index in [4.69, 9.17) is 5.73 Å². The number of Topliss-reactive ketones (excluding diaryl/α,β-unsaturated/α-hetero) is 1. The maximum absolute atomic E-state index is 14.3. The van der Waals surface area contributed by atoms with Gasteiger partial charge in [-0.05, 0) is 56.3 Å². The molecule has 4 rings (SSSR count). The van der Waals surface area contributed by atoms with E-state index in [1.54, 1.807) is 0 Å². The molecule has 6 N–H and O–H groups in total. The van der Waals surface area contributed by atoms with Crippen LogP contribution < -0.4 is 21.7 Å². The zero-order valence-corrected chi connectivity index (χ0v) is 29.5. The van der Waals surface area contributed by atoms with Gasteiger partial charge in [0.25, 0.3) is 5.91 Å². The Hall–Kier alpha value is -2.74. The zero-order chi connectivity index (χ0) is 35.1. The van der Waals surface area contributed by atoms with Crippen molar-refractivity contribution in [1.29, 1.82) is 0 Å². The minimum absolute atomic E-state index is 0.0478. The number of likely N-dealkylation sites (tertiary alicyclic amines) is 1. The van der Waals surface area contributed by atoms with Crippen molar-refractivity contribution in [3.63, 3.8) is 0 Å². The fourth-order valence-electron chi connectivity index (χ4n) is 7.93. The van der Waals surface area contributed by atoms with Crippen LogP contribution in [-0.2, 0) is 29.0 Å². The molecule has 5 amide bonds. The number of urea groups is 1. The number of aliphatic hydroxyl groups is 1. The Morgan fingerprint density at radius 2 is 1.56 bits per heavy atom. The molecule has 0 spiro atoms. The number of hydrogen-bond acceptors (Lipinski definition) is 8. The van der Waals surface area contributed by atoms with Gasteiger partial charge in [0.05, 0.1) is 29.2 Å². The summed E-state index contributed by atoms with van der Waals surface area (Å²) in [4.78, 5) is 67.3. The number of hydrogen-bond donors (Lipinski definition) is 5. The monoisotopic (exact) mass is 695 g/mol. The molecule has 3 aliphatic carbocycles. The highest BCUT2D eigenvalue weighted by molar-refractivity contribution is 7.91. The molecule has 0 aromatic heterocycles. The smallest absolute Gasteiger partial charge is 0.315 e. The second kappa shape index (κ2) is 16.8. The first-order valence-electron chi connectivity index (χ1n) is 18.1. The van der Waals surface area contributed by atoms with Gasteiger partial charge in [0.2, 0.25) is 17.6 Å². The molecule has 14 heteroatoms. The molecule has 1 aliphatic heterocycles. The second-order valence-electron chi connectivity index (χ2n) is 15.3. The molecule has 4 aliphatic rings. The topological polar surface area (TPSA) is 205 Å². The standard InChI is InChI=1S/C34H57N5O8S/c1-22(2)14-17-48(46,47)21-34(15-7-4-8-16-34)38-33(45)37-28(24-12-5-3-6-13-24)32(44)39-20-25(40)19-27(39)31(43)36-26(29(41)30(35)42)18-23-10-9-11-23/h22-28,40H,3-21H2,1-2H3,(H2,35,42)(H,36,43)(H2,37,38,45)/t25?,26?,27-,28-/m0/s1. The van der Waals surface area contributed by atoms with Gasteiger partial charge in [0.15, 0.2) is 9.84 Å². The third-order valence-electron chi connectivity index (χ3n) is 10.9. The van der Waals surface area contributed by atoms with Gasteiger partial charge in [-0.2, -0.15) is 0 Å². The molecule has 1 heterocycles. The number of rotatable bonds is 15. The van der Waals surface area contributed by atoms with Gasteiger partial charge >= 0.3 is 6.03 Å². The number of carbonyl (C=O) groups is 5. The van der Waals surface area contributed by atoms with Crippen molar-refractivity contribution in [3.8, 4) is 0 Å². The molecule has 13 nitrogen and oxygen atoms in total. The number of ketones is 1. The third kappa shape index (κ3) is 10.4. The molecular weight excluding hydrogens is 638 g/mol. The van der Waals surface area contributed by atoms with Gasteiger partial charge in [0.1, 0.15) is 12.1 Å². The lowest BCUT2D eigenvalue weighted by atomic mass is 9.80. The van der Waals surface area contributed by atoms with E-state index in [-0.39, 0.29) is 48.6 Å². The number of primary amides is 1.